The first kappa shape index (κ1) is 33.5. The summed E-state index contributed by atoms with van der Waals surface area (Å²) in [6.07, 6.45) is 3.63. The van der Waals surface area contributed by atoms with Gasteiger partial charge in [-0.3, -0.25) is 14.5 Å². The van der Waals surface area contributed by atoms with Gasteiger partial charge in [-0.1, -0.05) is 67.1 Å². The number of aliphatic hydroxyl groups is 1. The number of aliphatic hydroxyl groups excluding tert-OH is 1. The van der Waals surface area contributed by atoms with E-state index in [-0.39, 0.29) is 28.4 Å². The third-order valence-corrected chi connectivity index (χ3v) is 10.2. The Kier molecular flexibility index (Phi) is 10.3. The fraction of sp³-hybridized carbons (Fsp3) is 0.333. The zero-order valence-corrected chi connectivity index (χ0v) is 28.5. The highest BCUT2D eigenvalue weighted by Crippen LogP contribution is 2.46. The van der Waals surface area contributed by atoms with Crippen LogP contribution in [0, 0.1) is 5.82 Å². The van der Waals surface area contributed by atoms with E-state index < -0.39 is 17.7 Å². The van der Waals surface area contributed by atoms with Gasteiger partial charge in [0.05, 0.1) is 24.8 Å². The lowest BCUT2D eigenvalue weighted by Gasteiger charge is -2.23. The van der Waals surface area contributed by atoms with Crippen LogP contribution in [0.2, 0.25) is 0 Å². The number of Topliss-reactive ketones (excluding diaryl/α,β-unsaturated/α-hetero) is 1. The van der Waals surface area contributed by atoms with Gasteiger partial charge in [0.25, 0.3) is 5.78 Å². The van der Waals surface area contributed by atoms with E-state index in [0.29, 0.717) is 57.9 Å². The molecular weight excluding hydrogens is 654 g/mol. The number of anilines is 1. The number of amides is 1. The van der Waals surface area contributed by atoms with Crippen molar-refractivity contribution >= 4 is 45.7 Å². The molecule has 48 heavy (non-hydrogen) atoms. The second kappa shape index (κ2) is 14.8. The molecule has 1 amide bonds. The number of hydrogen-bond donors (Lipinski definition) is 1. The van der Waals surface area contributed by atoms with Crippen molar-refractivity contribution in [2.24, 2.45) is 0 Å². The van der Waals surface area contributed by atoms with E-state index in [2.05, 4.69) is 17.1 Å². The van der Waals surface area contributed by atoms with Crippen LogP contribution >= 0.6 is 23.1 Å². The third kappa shape index (κ3) is 6.91. The molecule has 250 valence electrons. The molecule has 4 aromatic rings. The van der Waals surface area contributed by atoms with Crippen molar-refractivity contribution in [1.82, 2.24) is 10.2 Å². The first-order valence-electron chi connectivity index (χ1n) is 16.0. The van der Waals surface area contributed by atoms with E-state index in [1.165, 1.54) is 22.7 Å². The van der Waals surface area contributed by atoms with Gasteiger partial charge in [-0.2, -0.15) is 0 Å². The predicted molar refractivity (Wildman–Crippen MR) is 184 cm³/mol. The zero-order valence-electron chi connectivity index (χ0n) is 26.9. The molecule has 1 N–H and O–H groups in total. The molecule has 0 saturated carbocycles. The van der Waals surface area contributed by atoms with E-state index in [1.54, 1.807) is 54.6 Å². The predicted octanol–water partition coefficient (Wildman–Crippen LogP) is 7.89. The second-order valence-electron chi connectivity index (χ2n) is 11.5. The third-order valence-electron chi connectivity index (χ3n) is 8.11. The summed E-state index contributed by atoms with van der Waals surface area (Å²) in [4.78, 5) is 28.9. The lowest BCUT2D eigenvalue weighted by molar-refractivity contribution is -0.132. The number of benzene rings is 3. The topological polar surface area (TPSA) is 111 Å². The number of thioether (sulfide) groups is 1. The number of carbonyl (C=O) groups is 2. The van der Waals surface area contributed by atoms with Crippen LogP contribution < -0.4 is 19.1 Å². The van der Waals surface area contributed by atoms with Gasteiger partial charge in [-0.05, 0) is 73.4 Å². The Labute approximate surface area is 286 Å². The van der Waals surface area contributed by atoms with Crippen molar-refractivity contribution in [2.45, 2.75) is 68.7 Å². The number of halogens is 1. The molecule has 12 heteroatoms. The molecule has 0 radical (unpaired) electrons. The Morgan fingerprint density at radius 3 is 2.69 bits per heavy atom. The highest BCUT2D eigenvalue weighted by atomic mass is 32.2. The minimum Gasteiger partial charge on any atom is -0.507 e. The number of ketones is 1. The second-order valence-corrected chi connectivity index (χ2v) is 13.7. The van der Waals surface area contributed by atoms with Crippen LogP contribution in [-0.2, 0) is 21.8 Å². The molecule has 0 bridgehead atoms. The number of aromatic nitrogens is 2. The Balaban J connectivity index is 1.40. The maximum absolute atomic E-state index is 14.3. The quantitative estimate of drug-likeness (QED) is 0.0374. The van der Waals surface area contributed by atoms with E-state index >= 15 is 0 Å². The lowest BCUT2D eigenvalue weighted by Crippen LogP contribution is -2.29. The fourth-order valence-corrected chi connectivity index (χ4v) is 7.65. The highest BCUT2D eigenvalue weighted by Gasteiger charge is 2.48. The Bertz CT molecular complexity index is 1860. The maximum atomic E-state index is 14.3. The largest absolute Gasteiger partial charge is 0.507 e. The molecule has 3 heterocycles. The van der Waals surface area contributed by atoms with Crippen LogP contribution in [0.15, 0.2) is 70.6 Å². The number of hydrogen-bond acceptors (Lipinski definition) is 10. The van der Waals surface area contributed by atoms with Crippen LogP contribution in [-0.4, -0.2) is 46.3 Å². The summed E-state index contributed by atoms with van der Waals surface area (Å²) in [5.41, 5.74) is 2.25. The summed E-state index contributed by atoms with van der Waals surface area (Å²) in [6, 6.07) is 15.9. The van der Waals surface area contributed by atoms with Crippen molar-refractivity contribution in [2.75, 3.05) is 18.1 Å². The first-order valence-corrected chi connectivity index (χ1v) is 17.8. The standard InChI is InChI=1S/C36H36FN3O6S2/c1-4-6-9-16-45-28-15-12-22(19-29(28)44-5-2)31-30(32(41)23-13-14-27-25(18-23)17-21(3)46-27)33(42)34(43)40(31)35-38-39-36(48-35)47-20-24-10-7-8-11-26(24)37/h7-8,10-15,18-19,21,31,41H,4-6,9,16-17,20H2,1-3H3/t21-,31-/m1/s1. The zero-order chi connectivity index (χ0) is 33.8. The number of nitrogens with zero attached hydrogens (tertiary/aromatic N) is 3. The molecule has 6 rings (SSSR count). The molecule has 9 nitrogen and oxygen atoms in total. The van der Waals surface area contributed by atoms with Crippen molar-refractivity contribution in [3.8, 4) is 17.2 Å². The molecule has 0 unspecified atom stereocenters. The Hall–Kier alpha value is -4.42. The number of fused-ring (bicyclic) bond motifs is 1. The van der Waals surface area contributed by atoms with E-state index in [1.807, 2.05) is 13.8 Å². The minimum atomic E-state index is -1.04. The van der Waals surface area contributed by atoms with Gasteiger partial charge < -0.3 is 19.3 Å². The Morgan fingerprint density at radius 1 is 1.06 bits per heavy atom. The molecule has 1 saturated heterocycles. The molecule has 0 aliphatic carbocycles. The van der Waals surface area contributed by atoms with Crippen molar-refractivity contribution in [1.29, 1.82) is 0 Å². The van der Waals surface area contributed by atoms with Crippen LogP contribution in [0.25, 0.3) is 5.76 Å². The average molecular weight is 690 g/mol. The SMILES string of the molecule is CCCCCOc1ccc([C@@H]2C(=C(O)c3ccc4c(c3)C[C@@H](C)O4)C(=O)C(=O)N2c2nnc(SCc3ccccc3F)s2)cc1OCC. The molecule has 3 aromatic carbocycles. The van der Waals surface area contributed by atoms with Crippen molar-refractivity contribution < 1.29 is 33.3 Å². The average Bonchev–Trinajstić information content (AvgIpc) is 3.77. The smallest absolute Gasteiger partial charge is 0.301 e. The lowest BCUT2D eigenvalue weighted by atomic mass is 9.94. The summed E-state index contributed by atoms with van der Waals surface area (Å²) >= 11 is 2.39. The maximum Gasteiger partial charge on any atom is 0.301 e. The Morgan fingerprint density at radius 2 is 1.90 bits per heavy atom. The minimum absolute atomic E-state index is 0.00878. The molecule has 2 aliphatic rings. The van der Waals surface area contributed by atoms with Gasteiger partial charge in [-0.25, -0.2) is 4.39 Å². The van der Waals surface area contributed by atoms with Crippen molar-refractivity contribution in [3.05, 3.63) is 94.3 Å². The van der Waals surface area contributed by atoms with Gasteiger partial charge in [0.1, 0.15) is 23.4 Å². The molecule has 1 fully saturated rings. The van der Waals surface area contributed by atoms with E-state index in [0.717, 1.165) is 41.9 Å². The summed E-state index contributed by atoms with van der Waals surface area (Å²) < 4.78 is 32.6. The summed E-state index contributed by atoms with van der Waals surface area (Å²) in [6.45, 7) is 6.83. The van der Waals surface area contributed by atoms with E-state index in [9.17, 15) is 19.1 Å². The fourth-order valence-electron chi connectivity index (χ4n) is 5.80. The summed E-state index contributed by atoms with van der Waals surface area (Å²) in [5, 5.41) is 20.4. The monoisotopic (exact) mass is 689 g/mol. The van der Waals surface area contributed by atoms with Crippen molar-refractivity contribution in [3.63, 3.8) is 0 Å². The van der Waals surface area contributed by atoms with Gasteiger partial charge >= 0.3 is 5.91 Å². The van der Waals surface area contributed by atoms with E-state index in [4.69, 9.17) is 14.2 Å². The normalized spacial score (nSPS) is 18.2. The number of ether oxygens (including phenoxy) is 3. The van der Waals surface area contributed by atoms with Gasteiger partial charge in [0.2, 0.25) is 5.13 Å². The molecule has 1 aromatic heterocycles. The molecule has 2 aliphatic heterocycles. The van der Waals surface area contributed by atoms with Crippen LogP contribution in [0.1, 0.15) is 68.3 Å². The van der Waals surface area contributed by atoms with Gasteiger partial charge in [-0.15, -0.1) is 10.2 Å². The molecular formula is C36H36FN3O6S2. The van der Waals surface area contributed by atoms with Gasteiger partial charge in [0, 0.05) is 17.7 Å². The number of rotatable bonds is 13. The summed E-state index contributed by atoms with van der Waals surface area (Å²) in [7, 11) is 0. The first-order chi connectivity index (χ1) is 23.3. The van der Waals surface area contributed by atoms with Crippen LogP contribution in [0.3, 0.4) is 0 Å². The number of unbranched alkanes of at least 4 members (excludes halogenated alkanes) is 2. The summed E-state index contributed by atoms with van der Waals surface area (Å²) in [5.74, 6) is -0.294. The molecule has 0 spiro atoms. The number of carbonyl (C=O) groups excluding carboxylic acids is 2. The van der Waals surface area contributed by atoms with Crippen LogP contribution in [0.4, 0.5) is 9.52 Å². The van der Waals surface area contributed by atoms with Gasteiger partial charge in [0.15, 0.2) is 15.8 Å². The highest BCUT2D eigenvalue weighted by molar-refractivity contribution is 8.00. The van der Waals surface area contributed by atoms with Crippen LogP contribution in [0.5, 0.6) is 17.2 Å². The molecule has 2 atom stereocenters.